The van der Waals surface area contributed by atoms with E-state index in [1.165, 1.54) is 18.5 Å². The van der Waals surface area contributed by atoms with E-state index in [9.17, 15) is 13.2 Å². The summed E-state index contributed by atoms with van der Waals surface area (Å²) < 4.78 is 32.5. The molecule has 0 aliphatic heterocycles. The van der Waals surface area contributed by atoms with Crippen LogP contribution in [0, 0.1) is 0 Å². The molecule has 3 N–H and O–H groups in total. The molecule has 0 fully saturated rings. The van der Waals surface area contributed by atoms with Crippen LogP contribution in [-0.2, 0) is 21.3 Å². The second-order valence-corrected chi connectivity index (χ2v) is 8.11. The Morgan fingerprint density at radius 3 is 2.54 bits per heavy atom. The largest absolute Gasteiger partial charge is 0.443 e. The van der Waals surface area contributed by atoms with Crippen LogP contribution in [-0.4, -0.2) is 25.1 Å². The zero-order valence-corrected chi connectivity index (χ0v) is 15.6. The van der Waals surface area contributed by atoms with Gasteiger partial charge in [0.05, 0.1) is 5.69 Å². The average molecular weight is 378 g/mol. The van der Waals surface area contributed by atoms with Gasteiger partial charge in [-0.3, -0.25) is 15.1 Å². The maximum Gasteiger partial charge on any atom is 0.422 e. The summed E-state index contributed by atoms with van der Waals surface area (Å²) in [6.07, 6.45) is 2.15. The van der Waals surface area contributed by atoms with Crippen LogP contribution in [0.2, 0.25) is 0 Å². The molecule has 0 aliphatic rings. The lowest BCUT2D eigenvalue weighted by Crippen LogP contribution is -2.40. The molecule has 0 saturated carbocycles. The summed E-state index contributed by atoms with van der Waals surface area (Å²) in [6, 6.07) is 9.87. The molecule has 0 radical (unpaired) electrons. The number of sulfonamides is 1. The first-order valence-electron chi connectivity index (χ1n) is 7.90. The SMILES string of the molecule is CC(C)(C)OC(=O)NNCc1ccccc1NS(=O)(=O)c1cccnc1. The molecule has 140 valence electrons. The molecular formula is C17H22N4O4S. The molecule has 26 heavy (non-hydrogen) atoms. The normalized spacial score (nSPS) is 11.7. The Labute approximate surface area is 153 Å². The standard InChI is InChI=1S/C17H22N4O4S/c1-17(2,3)25-16(22)20-19-11-13-7-4-5-9-15(13)21-26(23,24)14-8-6-10-18-12-14/h4-10,12,19,21H,11H2,1-3H3,(H,20,22). The smallest absolute Gasteiger partial charge is 0.422 e. The average Bonchev–Trinajstić information content (AvgIpc) is 2.55. The van der Waals surface area contributed by atoms with Gasteiger partial charge in [0.1, 0.15) is 10.5 Å². The first-order valence-corrected chi connectivity index (χ1v) is 9.38. The third-order valence-electron chi connectivity index (χ3n) is 3.07. The van der Waals surface area contributed by atoms with Gasteiger partial charge >= 0.3 is 6.09 Å². The lowest BCUT2D eigenvalue weighted by Gasteiger charge is -2.20. The number of benzene rings is 1. The molecule has 2 aromatic rings. The quantitative estimate of drug-likeness (QED) is 0.666. The molecule has 0 aliphatic carbocycles. The highest BCUT2D eigenvalue weighted by Crippen LogP contribution is 2.19. The van der Waals surface area contributed by atoms with Crippen molar-refractivity contribution in [1.82, 2.24) is 15.8 Å². The fourth-order valence-electron chi connectivity index (χ4n) is 2.00. The van der Waals surface area contributed by atoms with E-state index < -0.39 is 21.7 Å². The van der Waals surface area contributed by atoms with Crippen molar-refractivity contribution < 1.29 is 17.9 Å². The van der Waals surface area contributed by atoms with Gasteiger partial charge in [0.2, 0.25) is 0 Å². The lowest BCUT2D eigenvalue weighted by molar-refractivity contribution is 0.0497. The Bertz CT molecular complexity index is 849. The minimum atomic E-state index is -3.75. The van der Waals surface area contributed by atoms with E-state index in [1.54, 1.807) is 51.1 Å². The second kappa shape index (κ2) is 8.15. The maximum absolute atomic E-state index is 12.4. The van der Waals surface area contributed by atoms with Gasteiger partial charge in [-0.2, -0.15) is 0 Å². The number of nitrogens with one attached hydrogen (secondary N) is 3. The van der Waals surface area contributed by atoms with Crippen molar-refractivity contribution in [2.75, 3.05) is 4.72 Å². The molecule has 8 nitrogen and oxygen atoms in total. The monoisotopic (exact) mass is 378 g/mol. The Hall–Kier alpha value is -2.65. The van der Waals surface area contributed by atoms with Gasteiger partial charge in [0.25, 0.3) is 10.0 Å². The van der Waals surface area contributed by atoms with Crippen molar-refractivity contribution in [3.05, 3.63) is 54.4 Å². The van der Waals surface area contributed by atoms with Crippen LogP contribution >= 0.6 is 0 Å². The number of hydrogen-bond donors (Lipinski definition) is 3. The molecule has 0 unspecified atom stereocenters. The number of aromatic nitrogens is 1. The number of nitrogens with zero attached hydrogens (tertiary/aromatic N) is 1. The zero-order valence-electron chi connectivity index (χ0n) is 14.8. The molecule has 0 bridgehead atoms. The number of pyridine rings is 1. The molecule has 0 atom stereocenters. The van der Waals surface area contributed by atoms with Crippen molar-refractivity contribution in [2.45, 2.75) is 37.8 Å². The third-order valence-corrected chi connectivity index (χ3v) is 4.43. The zero-order chi connectivity index (χ0) is 19.2. The molecule has 9 heteroatoms. The fourth-order valence-corrected chi connectivity index (χ4v) is 3.06. The van der Waals surface area contributed by atoms with Crippen molar-refractivity contribution >= 4 is 21.8 Å². The molecule has 1 aromatic carbocycles. The molecule has 1 heterocycles. The van der Waals surface area contributed by atoms with E-state index in [4.69, 9.17) is 4.74 Å². The van der Waals surface area contributed by atoms with Gasteiger partial charge in [-0.05, 0) is 44.5 Å². The Kier molecular flexibility index (Phi) is 6.17. The van der Waals surface area contributed by atoms with Crippen LogP contribution in [0.4, 0.5) is 10.5 Å². The summed E-state index contributed by atoms with van der Waals surface area (Å²) in [7, 11) is -3.75. The molecule has 0 spiro atoms. The van der Waals surface area contributed by atoms with Crippen LogP contribution in [0.5, 0.6) is 0 Å². The number of para-hydroxylation sites is 1. The topological polar surface area (TPSA) is 109 Å². The summed E-state index contributed by atoms with van der Waals surface area (Å²) in [4.78, 5) is 15.5. The lowest BCUT2D eigenvalue weighted by atomic mass is 10.2. The maximum atomic E-state index is 12.4. The van der Waals surface area contributed by atoms with E-state index in [1.807, 2.05) is 0 Å². The molecule has 2 rings (SSSR count). The number of hydrazine groups is 1. The Morgan fingerprint density at radius 1 is 1.15 bits per heavy atom. The van der Waals surface area contributed by atoms with Crippen molar-refractivity contribution in [3.8, 4) is 0 Å². The van der Waals surface area contributed by atoms with Gasteiger partial charge in [-0.1, -0.05) is 18.2 Å². The first-order chi connectivity index (χ1) is 12.2. The summed E-state index contributed by atoms with van der Waals surface area (Å²) in [5.74, 6) is 0. The summed E-state index contributed by atoms with van der Waals surface area (Å²) >= 11 is 0. The molecule has 0 saturated heterocycles. The van der Waals surface area contributed by atoms with Crippen LogP contribution in [0.1, 0.15) is 26.3 Å². The minimum Gasteiger partial charge on any atom is -0.443 e. The van der Waals surface area contributed by atoms with Crippen molar-refractivity contribution in [3.63, 3.8) is 0 Å². The number of hydrogen-bond acceptors (Lipinski definition) is 6. The van der Waals surface area contributed by atoms with E-state index in [0.717, 1.165) is 0 Å². The minimum absolute atomic E-state index is 0.0645. The molecule has 1 aromatic heterocycles. The number of amides is 1. The number of anilines is 1. The number of rotatable bonds is 6. The van der Waals surface area contributed by atoms with Gasteiger partial charge in [0.15, 0.2) is 0 Å². The Morgan fingerprint density at radius 2 is 1.88 bits per heavy atom. The molecular weight excluding hydrogens is 356 g/mol. The third kappa shape index (κ3) is 6.01. The second-order valence-electron chi connectivity index (χ2n) is 6.43. The number of ether oxygens (including phenoxy) is 1. The summed E-state index contributed by atoms with van der Waals surface area (Å²) in [5.41, 5.74) is 5.57. The van der Waals surface area contributed by atoms with Crippen molar-refractivity contribution in [2.24, 2.45) is 0 Å². The van der Waals surface area contributed by atoms with Gasteiger partial charge < -0.3 is 4.74 Å². The van der Waals surface area contributed by atoms with Crippen LogP contribution in [0.25, 0.3) is 0 Å². The predicted molar refractivity (Wildman–Crippen MR) is 97.7 cm³/mol. The summed E-state index contributed by atoms with van der Waals surface area (Å²) in [6.45, 7) is 5.48. The van der Waals surface area contributed by atoms with Gasteiger partial charge in [0, 0.05) is 18.9 Å². The highest BCUT2D eigenvalue weighted by Gasteiger charge is 2.17. The first kappa shape index (κ1) is 19.7. The van der Waals surface area contributed by atoms with Crippen LogP contribution in [0.15, 0.2) is 53.7 Å². The van der Waals surface area contributed by atoms with Crippen LogP contribution in [0.3, 0.4) is 0 Å². The van der Waals surface area contributed by atoms with Crippen LogP contribution < -0.4 is 15.6 Å². The van der Waals surface area contributed by atoms with Gasteiger partial charge in [-0.15, -0.1) is 0 Å². The van der Waals surface area contributed by atoms with E-state index >= 15 is 0 Å². The predicted octanol–water partition coefficient (Wildman–Crippen LogP) is 2.41. The number of carbonyl (C=O) groups excluding carboxylic acids is 1. The van der Waals surface area contributed by atoms with Crippen molar-refractivity contribution in [1.29, 1.82) is 0 Å². The number of carbonyl (C=O) groups is 1. The fraction of sp³-hybridized carbons (Fsp3) is 0.294. The van der Waals surface area contributed by atoms with E-state index in [2.05, 4.69) is 20.6 Å². The highest BCUT2D eigenvalue weighted by molar-refractivity contribution is 7.92. The molecule has 1 amide bonds. The van der Waals surface area contributed by atoms with E-state index in [-0.39, 0.29) is 11.4 Å². The Balaban J connectivity index is 2.03. The van der Waals surface area contributed by atoms with Gasteiger partial charge in [-0.25, -0.2) is 18.6 Å². The summed E-state index contributed by atoms with van der Waals surface area (Å²) in [5, 5.41) is 0. The highest BCUT2D eigenvalue weighted by atomic mass is 32.2. The van der Waals surface area contributed by atoms with E-state index in [0.29, 0.717) is 11.3 Å².